The minimum atomic E-state index is -0.335. The van der Waals surface area contributed by atoms with Gasteiger partial charge in [-0.15, -0.1) is 0 Å². The molecule has 5 nitrogen and oxygen atoms in total. The lowest BCUT2D eigenvalue weighted by Crippen LogP contribution is -2.42. The van der Waals surface area contributed by atoms with Crippen LogP contribution in [0.4, 0.5) is 0 Å². The Kier molecular flexibility index (Phi) is 4.36. The summed E-state index contributed by atoms with van der Waals surface area (Å²) in [6, 6.07) is 0. The van der Waals surface area contributed by atoms with Gasteiger partial charge in [0.25, 0.3) is 0 Å². The molecule has 1 aromatic heterocycles. The summed E-state index contributed by atoms with van der Waals surface area (Å²) in [6.45, 7) is 4.08. The molecule has 100 valence electrons. The number of β-amino-alcohol motifs (C(OH)–C–C–N with tert-alkyl or cyclic N) is 1. The molecule has 5 heteroatoms. The molecule has 2 heterocycles. The number of amides is 1. The smallest absolute Gasteiger partial charge is 0.222 e. The summed E-state index contributed by atoms with van der Waals surface area (Å²) in [6.07, 6.45) is 6.47. The first kappa shape index (κ1) is 13.1. The SMILES string of the molecule is Cc1nccn1CCCC(=O)N1CCCC(O)C1. The summed E-state index contributed by atoms with van der Waals surface area (Å²) in [5.41, 5.74) is 0. The maximum Gasteiger partial charge on any atom is 0.222 e. The van der Waals surface area contributed by atoms with Crippen LogP contribution in [0.15, 0.2) is 12.4 Å². The fraction of sp³-hybridized carbons (Fsp3) is 0.692. The van der Waals surface area contributed by atoms with E-state index in [1.807, 2.05) is 13.1 Å². The zero-order valence-corrected chi connectivity index (χ0v) is 10.9. The van der Waals surface area contributed by atoms with Crippen molar-refractivity contribution in [2.45, 2.75) is 45.3 Å². The van der Waals surface area contributed by atoms with Crippen LogP contribution in [-0.4, -0.2) is 44.7 Å². The second kappa shape index (κ2) is 6.00. The van der Waals surface area contributed by atoms with E-state index in [9.17, 15) is 9.90 Å². The average Bonchev–Trinajstić information content (AvgIpc) is 2.75. The predicted octanol–water partition coefficient (Wildman–Crippen LogP) is 0.955. The molecule has 1 aliphatic heterocycles. The molecule has 2 rings (SSSR count). The van der Waals surface area contributed by atoms with Crippen LogP contribution < -0.4 is 0 Å². The quantitative estimate of drug-likeness (QED) is 0.867. The van der Waals surface area contributed by atoms with Crippen LogP contribution in [-0.2, 0) is 11.3 Å². The molecule has 1 fully saturated rings. The van der Waals surface area contributed by atoms with Crippen molar-refractivity contribution < 1.29 is 9.90 Å². The molecule has 0 spiro atoms. The molecular weight excluding hydrogens is 230 g/mol. The minimum absolute atomic E-state index is 0.159. The van der Waals surface area contributed by atoms with Gasteiger partial charge >= 0.3 is 0 Å². The van der Waals surface area contributed by atoms with Gasteiger partial charge in [-0.05, 0) is 26.2 Å². The van der Waals surface area contributed by atoms with Crippen LogP contribution in [0.2, 0.25) is 0 Å². The lowest BCUT2D eigenvalue weighted by Gasteiger charge is -2.30. The first-order chi connectivity index (χ1) is 8.66. The number of piperidine rings is 1. The fourth-order valence-corrected chi connectivity index (χ4v) is 2.38. The van der Waals surface area contributed by atoms with Gasteiger partial charge < -0.3 is 14.6 Å². The number of carbonyl (C=O) groups is 1. The molecule has 1 amide bonds. The monoisotopic (exact) mass is 251 g/mol. The third-order valence-corrected chi connectivity index (χ3v) is 3.46. The Labute approximate surface area is 107 Å². The number of nitrogens with zero attached hydrogens (tertiary/aromatic N) is 3. The van der Waals surface area contributed by atoms with E-state index >= 15 is 0 Å². The minimum Gasteiger partial charge on any atom is -0.391 e. The van der Waals surface area contributed by atoms with Crippen LogP contribution in [0.3, 0.4) is 0 Å². The number of rotatable bonds is 4. The van der Waals surface area contributed by atoms with Gasteiger partial charge in [0.1, 0.15) is 5.82 Å². The van der Waals surface area contributed by atoms with Crippen LogP contribution in [0.25, 0.3) is 0 Å². The van der Waals surface area contributed by atoms with Gasteiger partial charge in [0.05, 0.1) is 6.10 Å². The highest BCUT2D eigenvalue weighted by Crippen LogP contribution is 2.12. The predicted molar refractivity (Wildman–Crippen MR) is 68.0 cm³/mol. The lowest BCUT2D eigenvalue weighted by molar-refractivity contribution is -0.134. The van der Waals surface area contributed by atoms with Gasteiger partial charge in [-0.2, -0.15) is 0 Å². The van der Waals surface area contributed by atoms with E-state index in [0.29, 0.717) is 13.0 Å². The van der Waals surface area contributed by atoms with E-state index < -0.39 is 0 Å². The normalized spacial score (nSPS) is 20.1. The Bertz CT molecular complexity index is 403. The van der Waals surface area contributed by atoms with Gasteiger partial charge in [0, 0.05) is 38.4 Å². The Balaban J connectivity index is 1.73. The van der Waals surface area contributed by atoms with Crippen molar-refractivity contribution in [3.05, 3.63) is 18.2 Å². The maximum atomic E-state index is 11.9. The van der Waals surface area contributed by atoms with Gasteiger partial charge in [-0.3, -0.25) is 4.79 Å². The van der Waals surface area contributed by atoms with Crippen molar-refractivity contribution in [2.24, 2.45) is 0 Å². The number of imidazole rings is 1. The molecule has 0 radical (unpaired) electrons. The molecule has 0 aliphatic carbocycles. The lowest BCUT2D eigenvalue weighted by atomic mass is 10.1. The van der Waals surface area contributed by atoms with Crippen LogP contribution in [0.5, 0.6) is 0 Å². The number of hydrogen-bond donors (Lipinski definition) is 1. The Morgan fingerprint density at radius 3 is 3.11 bits per heavy atom. The Hall–Kier alpha value is -1.36. The largest absolute Gasteiger partial charge is 0.391 e. The molecule has 1 N–H and O–H groups in total. The van der Waals surface area contributed by atoms with Crippen molar-refractivity contribution in [2.75, 3.05) is 13.1 Å². The summed E-state index contributed by atoms with van der Waals surface area (Å²) < 4.78 is 2.05. The molecule has 18 heavy (non-hydrogen) atoms. The van der Waals surface area contributed by atoms with Crippen LogP contribution >= 0.6 is 0 Å². The highest BCUT2D eigenvalue weighted by atomic mass is 16.3. The topological polar surface area (TPSA) is 58.4 Å². The number of aryl methyl sites for hydroxylation is 2. The number of aliphatic hydroxyl groups excluding tert-OH is 1. The highest BCUT2D eigenvalue weighted by molar-refractivity contribution is 5.76. The van der Waals surface area contributed by atoms with E-state index in [1.165, 1.54) is 0 Å². The van der Waals surface area contributed by atoms with Crippen molar-refractivity contribution in [3.8, 4) is 0 Å². The molecular formula is C13H21N3O2. The molecule has 1 aliphatic rings. The zero-order valence-electron chi connectivity index (χ0n) is 10.9. The number of hydrogen-bond acceptors (Lipinski definition) is 3. The average molecular weight is 251 g/mol. The van der Waals surface area contributed by atoms with Crippen molar-refractivity contribution in [1.82, 2.24) is 14.5 Å². The molecule has 0 bridgehead atoms. The zero-order chi connectivity index (χ0) is 13.0. The first-order valence-corrected chi connectivity index (χ1v) is 6.60. The fourth-order valence-electron chi connectivity index (χ4n) is 2.38. The third kappa shape index (κ3) is 3.32. The molecule has 1 aromatic rings. The summed E-state index contributed by atoms with van der Waals surface area (Å²) in [4.78, 5) is 17.9. The van der Waals surface area contributed by atoms with Gasteiger partial charge in [0.2, 0.25) is 5.91 Å². The Morgan fingerprint density at radius 1 is 1.61 bits per heavy atom. The molecule has 0 saturated carbocycles. The van der Waals surface area contributed by atoms with E-state index in [0.717, 1.165) is 38.2 Å². The van der Waals surface area contributed by atoms with Crippen molar-refractivity contribution >= 4 is 5.91 Å². The van der Waals surface area contributed by atoms with E-state index in [4.69, 9.17) is 0 Å². The second-order valence-corrected chi connectivity index (χ2v) is 4.91. The summed E-state index contributed by atoms with van der Waals surface area (Å²) >= 11 is 0. The van der Waals surface area contributed by atoms with E-state index in [1.54, 1.807) is 11.1 Å². The maximum absolute atomic E-state index is 11.9. The van der Waals surface area contributed by atoms with Crippen LogP contribution in [0, 0.1) is 6.92 Å². The van der Waals surface area contributed by atoms with Gasteiger partial charge in [-0.1, -0.05) is 0 Å². The van der Waals surface area contributed by atoms with Crippen LogP contribution in [0.1, 0.15) is 31.5 Å². The molecule has 1 saturated heterocycles. The Morgan fingerprint density at radius 2 is 2.44 bits per heavy atom. The summed E-state index contributed by atoms with van der Waals surface area (Å²) in [5.74, 6) is 1.14. The van der Waals surface area contributed by atoms with Crippen molar-refractivity contribution in [1.29, 1.82) is 0 Å². The number of aliphatic hydroxyl groups is 1. The van der Waals surface area contributed by atoms with Crippen molar-refractivity contribution in [3.63, 3.8) is 0 Å². The second-order valence-electron chi connectivity index (χ2n) is 4.91. The first-order valence-electron chi connectivity index (χ1n) is 6.60. The van der Waals surface area contributed by atoms with Gasteiger partial charge in [0.15, 0.2) is 0 Å². The number of aromatic nitrogens is 2. The standard InChI is InChI=1S/C13H21N3O2/c1-11-14-6-9-15(11)7-3-5-13(18)16-8-2-4-12(17)10-16/h6,9,12,17H,2-5,7-8,10H2,1H3. The summed E-state index contributed by atoms with van der Waals surface area (Å²) in [7, 11) is 0. The highest BCUT2D eigenvalue weighted by Gasteiger charge is 2.21. The molecule has 1 unspecified atom stereocenters. The number of carbonyl (C=O) groups excluding carboxylic acids is 1. The van der Waals surface area contributed by atoms with E-state index in [2.05, 4.69) is 9.55 Å². The number of likely N-dealkylation sites (tertiary alicyclic amines) is 1. The van der Waals surface area contributed by atoms with E-state index in [-0.39, 0.29) is 12.0 Å². The summed E-state index contributed by atoms with van der Waals surface area (Å²) in [5, 5.41) is 9.53. The molecule has 1 atom stereocenters. The molecule has 0 aromatic carbocycles. The third-order valence-electron chi connectivity index (χ3n) is 3.46. The van der Waals surface area contributed by atoms with Gasteiger partial charge in [-0.25, -0.2) is 4.98 Å².